The lowest BCUT2D eigenvalue weighted by molar-refractivity contribution is 0.0939. The summed E-state index contributed by atoms with van der Waals surface area (Å²) in [6.07, 6.45) is 1.77. The number of benzene rings is 2. The molecule has 5 nitrogen and oxygen atoms in total. The Balaban J connectivity index is 1.78. The Hall–Kier alpha value is -2.18. The Kier molecular flexibility index (Phi) is 5.20. The first-order chi connectivity index (χ1) is 12.0. The van der Waals surface area contributed by atoms with E-state index in [0.29, 0.717) is 18.7 Å². The smallest absolute Gasteiger partial charge is 0.251 e. The average Bonchev–Trinajstić information content (AvgIpc) is 3.18. The number of hydrogen-bond acceptors (Lipinski definition) is 3. The van der Waals surface area contributed by atoms with Crippen molar-refractivity contribution in [3.63, 3.8) is 0 Å². The molecule has 0 unspecified atom stereocenters. The van der Waals surface area contributed by atoms with Gasteiger partial charge in [-0.1, -0.05) is 36.4 Å². The minimum Gasteiger partial charge on any atom is -0.346 e. The standard InChI is InChI=1S/C19H22N2O3S/c1-15(16-8-3-2-4-9-16)20-19(22)17-10-7-11-18(14-17)25(23,24)21-12-5-6-13-21/h2-4,7-11,14-15H,5-6,12-13H2,1H3,(H,20,22)/t15-/m0/s1. The zero-order valence-electron chi connectivity index (χ0n) is 14.2. The molecule has 1 aliphatic rings. The Morgan fingerprint density at radius 1 is 1.04 bits per heavy atom. The van der Waals surface area contributed by atoms with Crippen LogP contribution in [0, 0.1) is 0 Å². The Morgan fingerprint density at radius 2 is 1.72 bits per heavy atom. The number of hydrogen-bond donors (Lipinski definition) is 1. The summed E-state index contributed by atoms with van der Waals surface area (Å²) in [6.45, 7) is 2.99. The molecule has 0 aliphatic carbocycles. The average molecular weight is 358 g/mol. The number of sulfonamides is 1. The fourth-order valence-corrected chi connectivity index (χ4v) is 4.54. The third-order valence-corrected chi connectivity index (χ3v) is 6.34. The van der Waals surface area contributed by atoms with Crippen LogP contribution in [0.1, 0.15) is 41.7 Å². The molecule has 0 saturated carbocycles. The van der Waals surface area contributed by atoms with Gasteiger partial charge in [-0.2, -0.15) is 4.31 Å². The molecular formula is C19H22N2O3S. The van der Waals surface area contributed by atoms with Gasteiger partial charge in [-0.15, -0.1) is 0 Å². The van der Waals surface area contributed by atoms with E-state index in [1.165, 1.54) is 10.4 Å². The summed E-state index contributed by atoms with van der Waals surface area (Å²) in [7, 11) is -3.52. The van der Waals surface area contributed by atoms with Gasteiger partial charge in [0.25, 0.3) is 5.91 Å². The third kappa shape index (κ3) is 3.91. The van der Waals surface area contributed by atoms with Crippen LogP contribution >= 0.6 is 0 Å². The Morgan fingerprint density at radius 3 is 2.40 bits per heavy atom. The third-order valence-electron chi connectivity index (χ3n) is 4.45. The monoisotopic (exact) mass is 358 g/mol. The maximum Gasteiger partial charge on any atom is 0.251 e. The molecule has 1 saturated heterocycles. The lowest BCUT2D eigenvalue weighted by Crippen LogP contribution is -2.29. The van der Waals surface area contributed by atoms with Gasteiger partial charge in [0.05, 0.1) is 10.9 Å². The molecule has 1 fully saturated rings. The molecule has 6 heteroatoms. The van der Waals surface area contributed by atoms with E-state index in [2.05, 4.69) is 5.32 Å². The van der Waals surface area contributed by atoms with Gasteiger partial charge in [0, 0.05) is 18.7 Å². The number of nitrogens with one attached hydrogen (secondary N) is 1. The molecule has 1 amide bonds. The molecule has 2 aromatic rings. The van der Waals surface area contributed by atoms with Crippen molar-refractivity contribution in [1.29, 1.82) is 0 Å². The van der Waals surface area contributed by atoms with Crippen molar-refractivity contribution in [2.24, 2.45) is 0 Å². The van der Waals surface area contributed by atoms with Crippen molar-refractivity contribution in [1.82, 2.24) is 9.62 Å². The molecule has 1 N–H and O–H groups in total. The molecule has 0 spiro atoms. The van der Waals surface area contributed by atoms with E-state index in [1.54, 1.807) is 18.2 Å². The number of carbonyl (C=O) groups excluding carboxylic acids is 1. The van der Waals surface area contributed by atoms with Gasteiger partial charge in [-0.3, -0.25) is 4.79 Å². The summed E-state index contributed by atoms with van der Waals surface area (Å²) in [4.78, 5) is 12.7. The SMILES string of the molecule is C[C@H](NC(=O)c1cccc(S(=O)(=O)N2CCCC2)c1)c1ccccc1. The number of carbonyl (C=O) groups is 1. The maximum atomic E-state index is 12.6. The fourth-order valence-electron chi connectivity index (χ4n) is 2.98. The highest BCUT2D eigenvalue weighted by atomic mass is 32.2. The van der Waals surface area contributed by atoms with Gasteiger partial charge in [-0.25, -0.2) is 8.42 Å². The molecule has 0 aromatic heterocycles. The van der Waals surface area contributed by atoms with E-state index in [-0.39, 0.29) is 16.8 Å². The van der Waals surface area contributed by atoms with Crippen molar-refractivity contribution in [2.75, 3.05) is 13.1 Å². The normalized spacial score (nSPS) is 16.5. The second-order valence-corrected chi connectivity index (χ2v) is 8.18. The predicted octanol–water partition coefficient (Wildman–Crippen LogP) is 2.96. The van der Waals surface area contributed by atoms with Crippen LogP contribution in [0.3, 0.4) is 0 Å². The molecule has 0 radical (unpaired) electrons. The first-order valence-electron chi connectivity index (χ1n) is 8.44. The first-order valence-corrected chi connectivity index (χ1v) is 9.88. The summed E-state index contributed by atoms with van der Waals surface area (Å²) < 4.78 is 26.8. The van der Waals surface area contributed by atoms with Crippen molar-refractivity contribution >= 4 is 15.9 Å². The quantitative estimate of drug-likeness (QED) is 0.894. The van der Waals surface area contributed by atoms with Crippen LogP contribution < -0.4 is 5.32 Å². The van der Waals surface area contributed by atoms with Crippen LogP contribution in [0.25, 0.3) is 0 Å². The van der Waals surface area contributed by atoms with E-state index >= 15 is 0 Å². The molecule has 1 aliphatic heterocycles. The highest BCUT2D eigenvalue weighted by Gasteiger charge is 2.27. The van der Waals surface area contributed by atoms with Crippen molar-refractivity contribution in [2.45, 2.75) is 30.7 Å². The number of nitrogens with zero attached hydrogens (tertiary/aromatic N) is 1. The molecule has 1 heterocycles. The van der Waals surface area contributed by atoms with Crippen LogP contribution in [-0.2, 0) is 10.0 Å². The fraction of sp³-hybridized carbons (Fsp3) is 0.316. The number of rotatable bonds is 5. The highest BCUT2D eigenvalue weighted by Crippen LogP contribution is 2.22. The predicted molar refractivity (Wildman–Crippen MR) is 96.8 cm³/mol. The second kappa shape index (κ2) is 7.37. The highest BCUT2D eigenvalue weighted by molar-refractivity contribution is 7.89. The van der Waals surface area contributed by atoms with E-state index in [1.807, 2.05) is 37.3 Å². The minimum absolute atomic E-state index is 0.160. The summed E-state index contributed by atoms with van der Waals surface area (Å²) in [6, 6.07) is 15.7. The lowest BCUT2D eigenvalue weighted by atomic mass is 10.1. The van der Waals surface area contributed by atoms with Crippen LogP contribution in [0.15, 0.2) is 59.5 Å². The van der Waals surface area contributed by atoms with Gasteiger partial charge in [0.2, 0.25) is 10.0 Å². The second-order valence-electron chi connectivity index (χ2n) is 6.24. The zero-order valence-corrected chi connectivity index (χ0v) is 15.0. The van der Waals surface area contributed by atoms with Crippen LogP contribution in [0.4, 0.5) is 0 Å². The molecular weight excluding hydrogens is 336 g/mol. The minimum atomic E-state index is -3.52. The summed E-state index contributed by atoms with van der Waals surface area (Å²) in [5.41, 5.74) is 1.35. The van der Waals surface area contributed by atoms with Crippen molar-refractivity contribution in [3.05, 3.63) is 65.7 Å². The maximum absolute atomic E-state index is 12.6. The Bertz CT molecular complexity index is 844. The number of amides is 1. The molecule has 25 heavy (non-hydrogen) atoms. The molecule has 132 valence electrons. The van der Waals surface area contributed by atoms with Crippen LogP contribution in [-0.4, -0.2) is 31.7 Å². The van der Waals surface area contributed by atoms with Gasteiger partial charge in [0.1, 0.15) is 0 Å². The topological polar surface area (TPSA) is 66.5 Å². The largest absolute Gasteiger partial charge is 0.346 e. The molecule has 0 bridgehead atoms. The van der Waals surface area contributed by atoms with E-state index < -0.39 is 10.0 Å². The zero-order chi connectivity index (χ0) is 17.9. The van der Waals surface area contributed by atoms with Crippen molar-refractivity contribution < 1.29 is 13.2 Å². The summed E-state index contributed by atoms with van der Waals surface area (Å²) in [5, 5.41) is 2.91. The molecule has 2 aromatic carbocycles. The van der Waals surface area contributed by atoms with E-state index in [9.17, 15) is 13.2 Å². The van der Waals surface area contributed by atoms with Gasteiger partial charge < -0.3 is 5.32 Å². The molecule has 3 rings (SSSR count). The van der Waals surface area contributed by atoms with Gasteiger partial charge in [0.15, 0.2) is 0 Å². The van der Waals surface area contributed by atoms with Crippen LogP contribution in [0.2, 0.25) is 0 Å². The Labute approximate surface area is 148 Å². The molecule has 1 atom stereocenters. The van der Waals surface area contributed by atoms with E-state index in [0.717, 1.165) is 18.4 Å². The van der Waals surface area contributed by atoms with Crippen molar-refractivity contribution in [3.8, 4) is 0 Å². The van der Waals surface area contributed by atoms with E-state index in [4.69, 9.17) is 0 Å². The first kappa shape index (κ1) is 17.6. The lowest BCUT2D eigenvalue weighted by Gasteiger charge is -2.17. The summed E-state index contributed by atoms with van der Waals surface area (Å²) >= 11 is 0. The van der Waals surface area contributed by atoms with Gasteiger partial charge >= 0.3 is 0 Å². The van der Waals surface area contributed by atoms with Crippen LogP contribution in [0.5, 0.6) is 0 Å². The van der Waals surface area contributed by atoms with Gasteiger partial charge in [-0.05, 0) is 43.5 Å². The summed E-state index contributed by atoms with van der Waals surface area (Å²) in [5.74, 6) is -0.283.